The summed E-state index contributed by atoms with van der Waals surface area (Å²) in [5.74, 6) is 0.890. The quantitative estimate of drug-likeness (QED) is 0.827. The van der Waals surface area contributed by atoms with Gasteiger partial charge in [0.25, 0.3) is 0 Å². The van der Waals surface area contributed by atoms with Crippen LogP contribution in [0.25, 0.3) is 0 Å². The second-order valence-corrected chi connectivity index (χ2v) is 4.42. The van der Waals surface area contributed by atoms with Crippen molar-refractivity contribution in [3.63, 3.8) is 0 Å². The topological polar surface area (TPSA) is 38.5 Å². The fourth-order valence-corrected chi connectivity index (χ4v) is 1.74. The molecule has 0 aromatic heterocycles. The molecule has 0 aliphatic heterocycles. The molecule has 0 bridgehead atoms. The van der Waals surface area contributed by atoms with Crippen molar-refractivity contribution in [2.24, 2.45) is 5.73 Å². The van der Waals surface area contributed by atoms with E-state index in [1.165, 1.54) is 11.1 Å². The number of nitrogens with zero attached hydrogens (tertiary/aromatic N) is 1. The molecule has 0 fully saturated rings. The fourth-order valence-electron chi connectivity index (χ4n) is 1.74. The van der Waals surface area contributed by atoms with Crippen LogP contribution in [0.15, 0.2) is 18.2 Å². The number of benzene rings is 1. The van der Waals surface area contributed by atoms with Crippen LogP contribution >= 0.6 is 0 Å². The lowest BCUT2D eigenvalue weighted by molar-refractivity contribution is 0.382. The Labute approximate surface area is 98.2 Å². The van der Waals surface area contributed by atoms with Gasteiger partial charge >= 0.3 is 0 Å². The molecular formula is C13H22N2O. The number of hydrogen-bond acceptors (Lipinski definition) is 3. The van der Waals surface area contributed by atoms with Gasteiger partial charge in [0.1, 0.15) is 5.75 Å². The van der Waals surface area contributed by atoms with Gasteiger partial charge in [-0.1, -0.05) is 6.07 Å². The summed E-state index contributed by atoms with van der Waals surface area (Å²) >= 11 is 0. The molecule has 1 aromatic carbocycles. The highest BCUT2D eigenvalue weighted by molar-refractivity contribution is 5.36. The first-order chi connectivity index (χ1) is 7.54. The summed E-state index contributed by atoms with van der Waals surface area (Å²) in [6.07, 6.45) is 0.972. The predicted octanol–water partition coefficient (Wildman–Crippen LogP) is 1.96. The van der Waals surface area contributed by atoms with Crippen molar-refractivity contribution in [1.29, 1.82) is 0 Å². The van der Waals surface area contributed by atoms with Crippen LogP contribution in [0.3, 0.4) is 0 Å². The second-order valence-electron chi connectivity index (χ2n) is 4.42. The fraction of sp³-hybridized carbons (Fsp3) is 0.538. The summed E-state index contributed by atoms with van der Waals surface area (Å²) in [7, 11) is 5.81. The summed E-state index contributed by atoms with van der Waals surface area (Å²) in [5, 5.41) is 0. The first-order valence-electron chi connectivity index (χ1n) is 5.59. The van der Waals surface area contributed by atoms with Crippen LogP contribution in [0.4, 0.5) is 0 Å². The lowest BCUT2D eigenvalue weighted by Gasteiger charge is -2.17. The van der Waals surface area contributed by atoms with Crippen LogP contribution in [0, 0.1) is 6.92 Å². The van der Waals surface area contributed by atoms with E-state index in [4.69, 9.17) is 10.5 Å². The molecule has 0 spiro atoms. The van der Waals surface area contributed by atoms with Crippen LogP contribution in [-0.4, -0.2) is 32.6 Å². The molecule has 1 rings (SSSR count). The summed E-state index contributed by atoms with van der Waals surface area (Å²) in [6, 6.07) is 6.17. The minimum absolute atomic E-state index is 0.105. The Balaban J connectivity index is 2.71. The maximum atomic E-state index is 6.17. The van der Waals surface area contributed by atoms with Crippen molar-refractivity contribution < 1.29 is 4.74 Å². The summed E-state index contributed by atoms with van der Waals surface area (Å²) < 4.78 is 5.18. The molecule has 0 aliphatic rings. The molecule has 0 saturated carbocycles. The highest BCUT2D eigenvalue weighted by atomic mass is 16.5. The van der Waals surface area contributed by atoms with Crippen LogP contribution in [0.2, 0.25) is 0 Å². The molecule has 0 radical (unpaired) electrons. The largest absolute Gasteiger partial charge is 0.497 e. The molecule has 2 N–H and O–H groups in total. The normalized spacial score (nSPS) is 12.9. The van der Waals surface area contributed by atoms with Crippen LogP contribution in [0.1, 0.15) is 23.6 Å². The third-order valence-electron chi connectivity index (χ3n) is 2.76. The van der Waals surface area contributed by atoms with Gasteiger partial charge in [-0.25, -0.2) is 0 Å². The van der Waals surface area contributed by atoms with Crippen LogP contribution in [-0.2, 0) is 0 Å². The van der Waals surface area contributed by atoms with E-state index in [0.29, 0.717) is 0 Å². The van der Waals surface area contributed by atoms with Gasteiger partial charge < -0.3 is 15.4 Å². The van der Waals surface area contributed by atoms with Gasteiger partial charge in [0.05, 0.1) is 7.11 Å². The average Bonchev–Trinajstić information content (AvgIpc) is 2.25. The highest BCUT2D eigenvalue weighted by Gasteiger charge is 2.09. The number of ether oxygens (including phenoxy) is 1. The first-order valence-corrected chi connectivity index (χ1v) is 5.59. The maximum Gasteiger partial charge on any atom is 0.119 e. The first kappa shape index (κ1) is 13.0. The predicted molar refractivity (Wildman–Crippen MR) is 67.8 cm³/mol. The Hall–Kier alpha value is -1.06. The van der Waals surface area contributed by atoms with E-state index in [-0.39, 0.29) is 6.04 Å². The molecular weight excluding hydrogens is 200 g/mol. The van der Waals surface area contributed by atoms with Gasteiger partial charge in [0.2, 0.25) is 0 Å². The molecule has 90 valence electrons. The summed E-state index contributed by atoms with van der Waals surface area (Å²) in [5.41, 5.74) is 8.58. The monoisotopic (exact) mass is 222 g/mol. The van der Waals surface area contributed by atoms with Crippen LogP contribution in [0.5, 0.6) is 5.75 Å². The standard InChI is InChI=1S/C13H22N2O/c1-10-9-11(16-4)5-6-12(10)13(14)7-8-15(2)3/h5-6,9,13H,7-8,14H2,1-4H3. The van der Waals surface area contributed by atoms with Crippen LogP contribution < -0.4 is 10.5 Å². The maximum absolute atomic E-state index is 6.17. The number of hydrogen-bond donors (Lipinski definition) is 1. The average molecular weight is 222 g/mol. The van der Waals surface area contributed by atoms with Gasteiger partial charge in [-0.2, -0.15) is 0 Å². The van der Waals surface area contributed by atoms with Gasteiger partial charge in [-0.15, -0.1) is 0 Å². The van der Waals surface area contributed by atoms with Gasteiger partial charge in [-0.05, 0) is 57.2 Å². The highest BCUT2D eigenvalue weighted by Crippen LogP contribution is 2.22. The Kier molecular flexibility index (Phi) is 4.77. The summed E-state index contributed by atoms with van der Waals surface area (Å²) in [4.78, 5) is 2.15. The molecule has 1 atom stereocenters. The van der Waals surface area contributed by atoms with Gasteiger partial charge in [0.15, 0.2) is 0 Å². The lowest BCUT2D eigenvalue weighted by Crippen LogP contribution is -2.20. The third kappa shape index (κ3) is 3.51. The van der Waals surface area contributed by atoms with E-state index in [1.807, 2.05) is 12.1 Å². The van der Waals surface area contributed by atoms with E-state index in [2.05, 4.69) is 32.0 Å². The van der Waals surface area contributed by atoms with Crippen molar-refractivity contribution in [3.8, 4) is 5.75 Å². The van der Waals surface area contributed by atoms with E-state index < -0.39 is 0 Å². The van der Waals surface area contributed by atoms with Crippen molar-refractivity contribution in [2.75, 3.05) is 27.7 Å². The van der Waals surface area contributed by atoms with Crippen molar-refractivity contribution in [3.05, 3.63) is 29.3 Å². The Bertz CT molecular complexity index is 337. The Morgan fingerprint density at radius 2 is 2.06 bits per heavy atom. The number of methoxy groups -OCH3 is 1. The van der Waals surface area contributed by atoms with Crippen molar-refractivity contribution >= 4 is 0 Å². The van der Waals surface area contributed by atoms with E-state index >= 15 is 0 Å². The zero-order valence-corrected chi connectivity index (χ0v) is 10.7. The number of rotatable bonds is 5. The number of aryl methyl sites for hydroxylation is 1. The minimum atomic E-state index is 0.105. The molecule has 3 heteroatoms. The van der Waals surface area contributed by atoms with E-state index in [0.717, 1.165) is 18.7 Å². The summed E-state index contributed by atoms with van der Waals surface area (Å²) in [6.45, 7) is 3.08. The molecule has 0 heterocycles. The zero-order valence-electron chi connectivity index (χ0n) is 10.7. The van der Waals surface area contributed by atoms with E-state index in [9.17, 15) is 0 Å². The molecule has 0 saturated heterocycles. The smallest absolute Gasteiger partial charge is 0.119 e. The van der Waals surface area contributed by atoms with Crippen molar-refractivity contribution in [1.82, 2.24) is 4.90 Å². The lowest BCUT2D eigenvalue weighted by atomic mass is 9.99. The van der Waals surface area contributed by atoms with Crippen molar-refractivity contribution in [2.45, 2.75) is 19.4 Å². The Morgan fingerprint density at radius 1 is 1.38 bits per heavy atom. The molecule has 0 amide bonds. The Morgan fingerprint density at radius 3 is 2.56 bits per heavy atom. The molecule has 16 heavy (non-hydrogen) atoms. The molecule has 1 aromatic rings. The molecule has 3 nitrogen and oxygen atoms in total. The molecule has 1 unspecified atom stereocenters. The zero-order chi connectivity index (χ0) is 12.1. The van der Waals surface area contributed by atoms with Gasteiger partial charge in [-0.3, -0.25) is 0 Å². The molecule has 0 aliphatic carbocycles. The van der Waals surface area contributed by atoms with E-state index in [1.54, 1.807) is 7.11 Å². The second kappa shape index (κ2) is 5.87. The minimum Gasteiger partial charge on any atom is -0.497 e. The SMILES string of the molecule is COc1ccc(C(N)CCN(C)C)c(C)c1. The van der Waals surface area contributed by atoms with Gasteiger partial charge in [0, 0.05) is 6.04 Å². The number of nitrogens with two attached hydrogens (primary N) is 1. The third-order valence-corrected chi connectivity index (χ3v) is 2.76.